The fourth-order valence-corrected chi connectivity index (χ4v) is 2.99. The molecule has 20 heavy (non-hydrogen) atoms. The van der Waals surface area contributed by atoms with Gasteiger partial charge in [0.25, 0.3) is 0 Å². The number of sulfonamides is 1. The molecule has 0 saturated carbocycles. The van der Waals surface area contributed by atoms with Crippen LogP contribution in [0.1, 0.15) is 27.7 Å². The van der Waals surface area contributed by atoms with Crippen LogP contribution >= 0.6 is 11.6 Å². The first-order chi connectivity index (χ1) is 8.97. The van der Waals surface area contributed by atoms with E-state index in [-0.39, 0.29) is 28.6 Å². The Hall–Kier alpha value is -0.850. The first-order valence-electron chi connectivity index (χ1n) is 6.21. The summed E-state index contributed by atoms with van der Waals surface area (Å²) in [5.41, 5.74) is 4.85. The molecule has 0 heterocycles. The number of benzene rings is 1. The molecule has 0 atom stereocenters. The quantitative estimate of drug-likeness (QED) is 0.818. The highest BCUT2D eigenvalue weighted by molar-refractivity contribution is 7.89. The topological polar surface area (TPSA) is 72.2 Å². The number of hydrogen-bond donors (Lipinski definition) is 2. The average molecular weight is 323 g/mol. The summed E-state index contributed by atoms with van der Waals surface area (Å²) in [7, 11) is -3.99. The molecule has 1 aromatic rings. The third kappa shape index (κ3) is 3.84. The molecule has 0 saturated heterocycles. The zero-order valence-electron chi connectivity index (χ0n) is 12.0. The zero-order valence-corrected chi connectivity index (χ0v) is 13.6. The highest BCUT2D eigenvalue weighted by atomic mass is 35.5. The number of nitrogen functional groups attached to an aromatic ring is 1. The molecule has 114 valence electrons. The smallest absolute Gasteiger partial charge is 0.243 e. The molecule has 0 aliphatic heterocycles. The van der Waals surface area contributed by atoms with E-state index in [0.29, 0.717) is 0 Å². The number of halogens is 2. The van der Waals surface area contributed by atoms with Crippen LogP contribution in [0, 0.1) is 17.2 Å². The first-order valence-corrected chi connectivity index (χ1v) is 8.07. The normalized spacial score (nSPS) is 12.9. The van der Waals surface area contributed by atoms with Gasteiger partial charge in [-0.25, -0.2) is 17.5 Å². The summed E-state index contributed by atoms with van der Waals surface area (Å²) >= 11 is 5.73. The Bertz CT molecular complexity index is 601. The Balaban J connectivity index is 3.07. The number of rotatable bonds is 5. The van der Waals surface area contributed by atoms with Gasteiger partial charge >= 0.3 is 0 Å². The predicted octanol–water partition coefficient (Wildman–Crippen LogP) is 3.02. The summed E-state index contributed by atoms with van der Waals surface area (Å²) in [5.74, 6) is -0.719. The fourth-order valence-electron chi connectivity index (χ4n) is 1.34. The minimum atomic E-state index is -3.99. The van der Waals surface area contributed by atoms with Crippen molar-refractivity contribution in [3.63, 3.8) is 0 Å². The van der Waals surface area contributed by atoms with Gasteiger partial charge in [0, 0.05) is 11.6 Å². The minimum Gasteiger partial charge on any atom is -0.396 e. The zero-order chi connectivity index (χ0) is 15.7. The lowest BCUT2D eigenvalue weighted by molar-refractivity contribution is 0.252. The van der Waals surface area contributed by atoms with Crippen molar-refractivity contribution in [2.45, 2.75) is 32.6 Å². The highest BCUT2D eigenvalue weighted by Crippen LogP contribution is 2.28. The van der Waals surface area contributed by atoms with E-state index in [0.717, 1.165) is 6.07 Å². The van der Waals surface area contributed by atoms with Gasteiger partial charge < -0.3 is 5.73 Å². The first kappa shape index (κ1) is 17.2. The number of nitrogens with two attached hydrogens (primary N) is 1. The van der Waals surface area contributed by atoms with Crippen molar-refractivity contribution in [3.05, 3.63) is 23.0 Å². The number of anilines is 1. The third-order valence-electron chi connectivity index (χ3n) is 3.60. The molecular weight excluding hydrogens is 303 g/mol. The standard InChI is InChI=1S/C13H20ClFN2O2S/c1-8(2)13(3,4)7-17-20(18,19)11-6-9(14)5-10(16)12(11)15/h5-6,8,17H,7,16H2,1-4H3. The lowest BCUT2D eigenvalue weighted by atomic mass is 9.81. The van der Waals surface area contributed by atoms with Crippen LogP contribution < -0.4 is 10.5 Å². The number of hydrogen-bond acceptors (Lipinski definition) is 3. The fraction of sp³-hybridized carbons (Fsp3) is 0.538. The van der Waals surface area contributed by atoms with Crippen molar-refractivity contribution in [3.8, 4) is 0 Å². The van der Waals surface area contributed by atoms with Crippen LogP contribution in [0.3, 0.4) is 0 Å². The molecule has 7 heteroatoms. The van der Waals surface area contributed by atoms with Gasteiger partial charge in [-0.05, 0) is 23.5 Å². The van der Waals surface area contributed by atoms with Crippen LogP contribution in [-0.2, 0) is 10.0 Å². The van der Waals surface area contributed by atoms with Gasteiger partial charge in [-0.3, -0.25) is 0 Å². The van der Waals surface area contributed by atoms with Crippen molar-refractivity contribution >= 4 is 27.3 Å². The minimum absolute atomic E-state index is 0.0763. The second-order valence-electron chi connectivity index (χ2n) is 5.77. The Morgan fingerprint density at radius 3 is 2.45 bits per heavy atom. The van der Waals surface area contributed by atoms with E-state index in [9.17, 15) is 12.8 Å². The van der Waals surface area contributed by atoms with E-state index in [1.165, 1.54) is 6.07 Å². The van der Waals surface area contributed by atoms with Gasteiger partial charge in [-0.1, -0.05) is 39.3 Å². The Morgan fingerprint density at radius 1 is 1.40 bits per heavy atom. The van der Waals surface area contributed by atoms with Crippen LogP contribution in [0.4, 0.5) is 10.1 Å². The third-order valence-corrected chi connectivity index (χ3v) is 5.22. The summed E-state index contributed by atoms with van der Waals surface area (Å²) in [6.07, 6.45) is 0. The van der Waals surface area contributed by atoms with E-state index in [4.69, 9.17) is 17.3 Å². The maximum absolute atomic E-state index is 13.9. The number of nitrogens with one attached hydrogen (secondary N) is 1. The van der Waals surface area contributed by atoms with Crippen LogP contribution in [0.15, 0.2) is 17.0 Å². The van der Waals surface area contributed by atoms with E-state index < -0.39 is 20.7 Å². The molecule has 0 aliphatic rings. The van der Waals surface area contributed by atoms with Crippen molar-refractivity contribution in [1.82, 2.24) is 4.72 Å². The largest absolute Gasteiger partial charge is 0.396 e. The van der Waals surface area contributed by atoms with E-state index in [2.05, 4.69) is 4.72 Å². The molecule has 3 N–H and O–H groups in total. The predicted molar refractivity (Wildman–Crippen MR) is 79.6 cm³/mol. The van der Waals surface area contributed by atoms with Crippen molar-refractivity contribution < 1.29 is 12.8 Å². The van der Waals surface area contributed by atoms with Gasteiger partial charge in [0.15, 0.2) is 5.82 Å². The lowest BCUT2D eigenvalue weighted by Gasteiger charge is -2.29. The van der Waals surface area contributed by atoms with E-state index >= 15 is 0 Å². The Kier molecular flexibility index (Phi) is 5.05. The highest BCUT2D eigenvalue weighted by Gasteiger charge is 2.27. The van der Waals surface area contributed by atoms with Gasteiger partial charge in [-0.15, -0.1) is 0 Å². The maximum Gasteiger partial charge on any atom is 0.243 e. The van der Waals surface area contributed by atoms with Crippen LogP contribution in [0.25, 0.3) is 0 Å². The summed E-state index contributed by atoms with van der Waals surface area (Å²) in [6.45, 7) is 8.04. The SMILES string of the molecule is CC(C)C(C)(C)CNS(=O)(=O)c1cc(Cl)cc(N)c1F. The average Bonchev–Trinajstić information content (AvgIpc) is 2.31. The molecule has 1 aromatic carbocycles. The van der Waals surface area contributed by atoms with Crippen LogP contribution in [-0.4, -0.2) is 15.0 Å². The van der Waals surface area contributed by atoms with E-state index in [1.807, 2.05) is 27.7 Å². The lowest BCUT2D eigenvalue weighted by Crippen LogP contribution is -2.37. The Morgan fingerprint density at radius 2 is 1.95 bits per heavy atom. The monoisotopic (exact) mass is 322 g/mol. The molecule has 4 nitrogen and oxygen atoms in total. The summed E-state index contributed by atoms with van der Waals surface area (Å²) in [6, 6.07) is 2.23. The van der Waals surface area contributed by atoms with E-state index in [1.54, 1.807) is 0 Å². The van der Waals surface area contributed by atoms with Gasteiger partial charge in [0.2, 0.25) is 10.0 Å². The summed E-state index contributed by atoms with van der Waals surface area (Å²) in [4.78, 5) is -0.526. The van der Waals surface area contributed by atoms with Gasteiger partial charge in [0.1, 0.15) is 4.90 Å². The molecular formula is C13H20ClFN2O2S. The Labute approximate surface area is 124 Å². The molecule has 0 aromatic heterocycles. The maximum atomic E-state index is 13.9. The van der Waals surface area contributed by atoms with Crippen molar-refractivity contribution in [2.75, 3.05) is 12.3 Å². The molecule has 0 radical (unpaired) electrons. The molecule has 1 rings (SSSR count). The van der Waals surface area contributed by atoms with Gasteiger partial charge in [-0.2, -0.15) is 0 Å². The van der Waals surface area contributed by atoms with Crippen LogP contribution in [0.5, 0.6) is 0 Å². The summed E-state index contributed by atoms with van der Waals surface area (Å²) in [5, 5.41) is 0.0763. The molecule has 0 amide bonds. The second kappa shape index (κ2) is 5.87. The molecule has 0 aliphatic carbocycles. The molecule has 0 unspecified atom stereocenters. The molecule has 0 spiro atoms. The van der Waals surface area contributed by atoms with Gasteiger partial charge in [0.05, 0.1) is 5.69 Å². The van der Waals surface area contributed by atoms with Crippen molar-refractivity contribution in [1.29, 1.82) is 0 Å². The van der Waals surface area contributed by atoms with Crippen molar-refractivity contribution in [2.24, 2.45) is 11.3 Å². The summed E-state index contributed by atoms with van der Waals surface area (Å²) < 4.78 is 40.6. The molecule has 0 bridgehead atoms. The molecule has 0 fully saturated rings. The van der Waals surface area contributed by atoms with Crippen LogP contribution in [0.2, 0.25) is 5.02 Å². The second-order valence-corrected chi connectivity index (χ2v) is 7.95.